The zero-order chi connectivity index (χ0) is 31.3. The van der Waals surface area contributed by atoms with Gasteiger partial charge in [0.15, 0.2) is 11.5 Å². The number of carbonyl (C=O) groups is 3. The number of benzene rings is 2. The predicted molar refractivity (Wildman–Crippen MR) is 157 cm³/mol. The van der Waals surface area contributed by atoms with Crippen LogP contribution in [0.25, 0.3) is 0 Å². The molecule has 0 saturated carbocycles. The molecule has 44 heavy (non-hydrogen) atoms. The largest absolute Gasteiger partial charge is 0.493 e. The Morgan fingerprint density at radius 1 is 0.955 bits per heavy atom. The van der Waals surface area contributed by atoms with Crippen LogP contribution in [-0.4, -0.2) is 59.7 Å². The average Bonchev–Trinajstić information content (AvgIpc) is 3.46. The van der Waals surface area contributed by atoms with Gasteiger partial charge in [-0.2, -0.15) is 13.2 Å². The second-order valence-electron chi connectivity index (χ2n) is 10.8. The van der Waals surface area contributed by atoms with E-state index in [0.717, 1.165) is 65.5 Å². The Morgan fingerprint density at radius 3 is 2.36 bits per heavy atom. The lowest BCUT2D eigenvalue weighted by Crippen LogP contribution is -2.39. The molecular formula is C30H28F3N3O6S2. The van der Waals surface area contributed by atoms with Crippen molar-refractivity contribution >= 4 is 46.5 Å². The number of alkyl halides is 3. The number of thiazole rings is 1. The van der Waals surface area contributed by atoms with Gasteiger partial charge in [0, 0.05) is 23.9 Å². The molecule has 14 heteroatoms. The Hall–Kier alpha value is -3.78. The van der Waals surface area contributed by atoms with Gasteiger partial charge in [0.1, 0.15) is 11.8 Å². The highest BCUT2D eigenvalue weighted by Gasteiger charge is 2.57. The van der Waals surface area contributed by atoms with Crippen molar-refractivity contribution in [2.75, 3.05) is 32.2 Å². The number of rotatable bonds is 6. The van der Waals surface area contributed by atoms with Crippen LogP contribution in [0.1, 0.15) is 41.2 Å². The summed E-state index contributed by atoms with van der Waals surface area (Å²) in [5.74, 6) is -2.63. The van der Waals surface area contributed by atoms with Crippen LogP contribution in [0.3, 0.4) is 0 Å². The first-order valence-corrected chi connectivity index (χ1v) is 15.7. The lowest BCUT2D eigenvalue weighted by molar-refractivity contribution is -0.137. The summed E-state index contributed by atoms with van der Waals surface area (Å²) in [6.07, 6.45) is -1.89. The molecule has 0 aliphatic carbocycles. The number of nitrogens with zero attached hydrogens (tertiary/aromatic N) is 3. The fourth-order valence-electron chi connectivity index (χ4n) is 6.12. The molecule has 0 spiro atoms. The van der Waals surface area contributed by atoms with Gasteiger partial charge in [0.25, 0.3) is 0 Å². The van der Waals surface area contributed by atoms with E-state index in [9.17, 15) is 32.3 Å². The number of imide groups is 1. The van der Waals surface area contributed by atoms with E-state index in [1.807, 2.05) is 0 Å². The number of fused-ring (bicyclic) bond motifs is 2. The van der Waals surface area contributed by atoms with Crippen molar-refractivity contribution < 1.29 is 37.0 Å². The van der Waals surface area contributed by atoms with Gasteiger partial charge >= 0.3 is 11.0 Å². The standard InChI is InChI=1S/C30H28F3N3O6S2/c1-41-19-10-9-16(13-20(19)42-2)22-23-24(27(39)36(26(23)38)18-8-6-7-17(14-18)30(31,32)33)43-28-25(22)44-29(40)35(28)15-21(37)34-11-4-3-5-12-34/h6-10,13-14,22-24H,3-5,11-12,15H2,1-2H3/t22-,23?,24?/m0/s1. The molecular weight excluding hydrogens is 619 g/mol. The van der Waals surface area contributed by atoms with Crippen LogP contribution >= 0.6 is 23.1 Å². The highest BCUT2D eigenvalue weighted by molar-refractivity contribution is 8.00. The smallest absolute Gasteiger partial charge is 0.416 e. The Morgan fingerprint density at radius 2 is 1.68 bits per heavy atom. The topological polar surface area (TPSA) is 98.1 Å². The highest BCUT2D eigenvalue weighted by atomic mass is 32.2. The quantitative estimate of drug-likeness (QED) is 0.356. The minimum atomic E-state index is -4.67. The van der Waals surface area contributed by atoms with Gasteiger partial charge in [-0.3, -0.25) is 23.7 Å². The van der Waals surface area contributed by atoms with E-state index >= 15 is 0 Å². The molecule has 2 saturated heterocycles. The van der Waals surface area contributed by atoms with Crippen LogP contribution in [0.15, 0.2) is 52.3 Å². The molecule has 3 amide bonds. The van der Waals surface area contributed by atoms with Crippen LogP contribution in [0.5, 0.6) is 11.5 Å². The number of amides is 3. The molecule has 2 fully saturated rings. The van der Waals surface area contributed by atoms with Gasteiger partial charge in [0.05, 0.1) is 36.4 Å². The van der Waals surface area contributed by atoms with Crippen molar-refractivity contribution in [1.29, 1.82) is 0 Å². The van der Waals surface area contributed by atoms with Gasteiger partial charge in [-0.1, -0.05) is 35.2 Å². The third-order valence-electron chi connectivity index (χ3n) is 8.25. The SMILES string of the molecule is COc1ccc([C@@H]2c3sc(=O)n(CC(=O)N4CCCCC4)c3SC3C(=O)N(c4cccc(C(F)(F)F)c4)C(=O)C32)cc1OC. The number of methoxy groups -OCH3 is 2. The van der Waals surface area contributed by atoms with Crippen molar-refractivity contribution in [3.05, 3.63) is 68.1 Å². The highest BCUT2D eigenvalue weighted by Crippen LogP contribution is 2.54. The lowest BCUT2D eigenvalue weighted by atomic mass is 9.83. The lowest BCUT2D eigenvalue weighted by Gasteiger charge is -2.31. The maximum absolute atomic E-state index is 14.1. The fourth-order valence-corrected chi connectivity index (χ4v) is 8.89. The second-order valence-corrected chi connectivity index (χ2v) is 12.9. The number of anilines is 1. The Kier molecular flexibility index (Phi) is 7.99. The molecule has 3 atom stereocenters. The number of piperidine rings is 1. The summed E-state index contributed by atoms with van der Waals surface area (Å²) < 4.78 is 52.8. The van der Waals surface area contributed by atoms with Crippen molar-refractivity contribution in [2.24, 2.45) is 5.92 Å². The molecule has 0 bridgehead atoms. The van der Waals surface area contributed by atoms with Crippen LogP contribution in [0, 0.1) is 5.92 Å². The molecule has 6 rings (SSSR count). The molecule has 9 nitrogen and oxygen atoms in total. The van der Waals surface area contributed by atoms with E-state index in [1.54, 1.807) is 23.1 Å². The number of ether oxygens (including phenoxy) is 2. The predicted octanol–water partition coefficient (Wildman–Crippen LogP) is 4.75. The summed E-state index contributed by atoms with van der Waals surface area (Å²) in [5, 5.41) is -0.647. The fraction of sp³-hybridized carbons (Fsp3) is 0.400. The molecule has 3 aliphatic rings. The molecule has 0 radical (unpaired) electrons. The molecule has 4 heterocycles. The number of likely N-dealkylation sites (tertiary alicyclic amines) is 1. The van der Waals surface area contributed by atoms with Gasteiger partial charge in [-0.15, -0.1) is 0 Å². The van der Waals surface area contributed by atoms with Crippen LogP contribution in [0.4, 0.5) is 18.9 Å². The van der Waals surface area contributed by atoms with Crippen molar-refractivity contribution in [2.45, 2.75) is 48.2 Å². The third kappa shape index (κ3) is 5.17. The van der Waals surface area contributed by atoms with E-state index in [-0.39, 0.29) is 18.1 Å². The summed E-state index contributed by atoms with van der Waals surface area (Å²) in [7, 11) is 2.92. The summed E-state index contributed by atoms with van der Waals surface area (Å²) >= 11 is 1.91. The number of hydrogen-bond acceptors (Lipinski definition) is 8. The van der Waals surface area contributed by atoms with E-state index in [2.05, 4.69) is 0 Å². The molecule has 232 valence electrons. The van der Waals surface area contributed by atoms with Gasteiger partial charge < -0.3 is 14.4 Å². The van der Waals surface area contributed by atoms with Crippen molar-refractivity contribution in [3.63, 3.8) is 0 Å². The first-order valence-electron chi connectivity index (χ1n) is 14.0. The van der Waals surface area contributed by atoms with Gasteiger partial charge in [-0.25, -0.2) is 4.90 Å². The summed E-state index contributed by atoms with van der Waals surface area (Å²) in [5.41, 5.74) is -0.613. The molecule has 0 N–H and O–H groups in total. The Bertz CT molecular complexity index is 1700. The summed E-state index contributed by atoms with van der Waals surface area (Å²) in [6, 6.07) is 9.13. The number of thioether (sulfide) groups is 1. The van der Waals surface area contributed by atoms with Crippen molar-refractivity contribution in [3.8, 4) is 11.5 Å². The molecule has 2 aromatic carbocycles. The second kappa shape index (κ2) is 11.6. The maximum Gasteiger partial charge on any atom is 0.416 e. The zero-order valence-corrected chi connectivity index (χ0v) is 25.4. The average molecular weight is 648 g/mol. The number of hydrogen-bond donors (Lipinski definition) is 0. The van der Waals surface area contributed by atoms with Gasteiger partial charge in [-0.05, 0) is 55.2 Å². The third-order valence-corrected chi connectivity index (χ3v) is 10.9. The van der Waals surface area contributed by atoms with Crippen LogP contribution < -0.4 is 19.2 Å². The molecule has 3 aromatic rings. The monoisotopic (exact) mass is 647 g/mol. The number of carbonyl (C=O) groups excluding carboxylic acids is 3. The Balaban J connectivity index is 1.46. The zero-order valence-electron chi connectivity index (χ0n) is 23.8. The van der Waals surface area contributed by atoms with E-state index in [4.69, 9.17) is 9.47 Å². The molecule has 2 unspecified atom stereocenters. The minimum absolute atomic E-state index is 0.183. The first-order chi connectivity index (χ1) is 21.0. The normalized spacial score (nSPS) is 21.7. The maximum atomic E-state index is 14.1. The van der Waals surface area contributed by atoms with E-state index in [0.29, 0.717) is 40.1 Å². The van der Waals surface area contributed by atoms with Crippen LogP contribution in [0.2, 0.25) is 0 Å². The molecule has 1 aromatic heterocycles. The Labute approximate surface area is 258 Å². The first kappa shape index (κ1) is 30.3. The van der Waals surface area contributed by atoms with E-state index < -0.39 is 45.5 Å². The number of aromatic nitrogens is 1. The molecule has 3 aliphatic heterocycles. The van der Waals surface area contributed by atoms with Crippen LogP contribution in [-0.2, 0) is 27.1 Å². The number of halogens is 3. The summed E-state index contributed by atoms with van der Waals surface area (Å²) in [4.78, 5) is 57.2. The van der Waals surface area contributed by atoms with E-state index in [1.165, 1.54) is 24.9 Å². The summed E-state index contributed by atoms with van der Waals surface area (Å²) in [6.45, 7) is 0.989. The van der Waals surface area contributed by atoms with Gasteiger partial charge in [0.2, 0.25) is 17.7 Å². The van der Waals surface area contributed by atoms with Crippen molar-refractivity contribution in [1.82, 2.24) is 9.47 Å². The minimum Gasteiger partial charge on any atom is -0.493 e.